The van der Waals surface area contributed by atoms with Crippen molar-refractivity contribution in [3.63, 3.8) is 0 Å². The molecule has 3 heteroatoms. The van der Waals surface area contributed by atoms with Crippen molar-refractivity contribution in [2.75, 3.05) is 4.90 Å². The minimum atomic E-state index is 0.0163. The molecule has 0 aliphatic carbocycles. The van der Waals surface area contributed by atoms with Crippen LogP contribution in [0.2, 0.25) is 6.82 Å². The monoisotopic (exact) mass is 855 g/mol. The number of aryl methyl sites for hydroxylation is 2. The molecule has 2 heterocycles. The van der Waals surface area contributed by atoms with Crippen molar-refractivity contribution in [1.82, 2.24) is 0 Å². The van der Waals surface area contributed by atoms with Crippen LogP contribution in [-0.2, 0) is 0 Å². The molecule has 13 rings (SSSR count). The summed E-state index contributed by atoms with van der Waals surface area (Å²) in [5.74, 6) is 0. The summed E-state index contributed by atoms with van der Waals surface area (Å²) in [6, 6.07) is 76.0. The Bertz CT molecular complexity index is 3920. The molecule has 0 saturated heterocycles. The summed E-state index contributed by atoms with van der Waals surface area (Å²) in [4.78, 5) is 2.59. The van der Waals surface area contributed by atoms with E-state index in [9.17, 15) is 0 Å². The molecule has 0 radical (unpaired) electrons. The predicted molar refractivity (Wildman–Crippen MR) is 288 cm³/mol. The average Bonchev–Trinajstić information content (AvgIpc) is 3.75. The summed E-state index contributed by atoms with van der Waals surface area (Å²) < 4.78 is 7.06. The molecule has 0 fully saturated rings. The molecule has 0 unspecified atom stereocenters. The minimum Gasteiger partial charge on any atom is -0.456 e. The summed E-state index contributed by atoms with van der Waals surface area (Å²) in [6.45, 7) is 9.37. The van der Waals surface area contributed by atoms with Gasteiger partial charge >= 0.3 is 0 Å². The van der Waals surface area contributed by atoms with Crippen molar-refractivity contribution >= 4 is 89.0 Å². The maximum atomic E-state index is 7.06. The quantitative estimate of drug-likeness (QED) is 0.127. The largest absolute Gasteiger partial charge is 0.456 e. The van der Waals surface area contributed by atoms with E-state index in [2.05, 4.69) is 239 Å². The molecule has 0 N–H and O–H groups in total. The van der Waals surface area contributed by atoms with Gasteiger partial charge < -0.3 is 9.32 Å². The van der Waals surface area contributed by atoms with Gasteiger partial charge in [0.1, 0.15) is 11.2 Å². The lowest BCUT2D eigenvalue weighted by atomic mass is 9.39. The summed E-state index contributed by atoms with van der Waals surface area (Å²) in [5.41, 5.74) is 21.3. The second kappa shape index (κ2) is 15.2. The molecular formula is C64H46BNO. The van der Waals surface area contributed by atoms with Crippen molar-refractivity contribution < 1.29 is 4.42 Å². The van der Waals surface area contributed by atoms with Gasteiger partial charge in [0.05, 0.1) is 0 Å². The van der Waals surface area contributed by atoms with Crippen LogP contribution in [0.4, 0.5) is 17.1 Å². The first-order valence-electron chi connectivity index (χ1n) is 23.5. The number of hydrogen-bond acceptors (Lipinski definition) is 2. The summed E-state index contributed by atoms with van der Waals surface area (Å²) >= 11 is 0. The lowest BCUT2D eigenvalue weighted by molar-refractivity contribution is 0.669. The highest BCUT2D eigenvalue weighted by molar-refractivity contribution is 6.89. The Balaban J connectivity index is 1.21. The van der Waals surface area contributed by atoms with E-state index in [0.717, 1.165) is 33.3 Å². The Kier molecular flexibility index (Phi) is 8.92. The zero-order valence-electron chi connectivity index (χ0n) is 38.1. The number of benzene rings is 11. The SMILES string of the molecule is CB1c2cc3cc4ccccc4cc3c(C)c2N(c2cc(-c3ccccc3)cc(-c3ccccc3)c2)c2cc3oc4ccccc4c3c(-c3cc4ccccc4c(-c4ccccc4C)c3C)c21. The standard InChI is InChI=1S/C64H46BNO/c1-39-19-11-15-27-51(39)60-40(2)55(36-46-26-14-16-28-52(46)60)62-61-53-29-17-18-30-58(53)67-59(61)38-57-63(62)65(4)56-37-49-31-44-24-12-13-25-45(44)35-54(49)41(3)64(56)66(57)50-33-47(42-20-7-5-8-21-42)32-48(34-50)43-22-9-6-10-23-43/h5-38H,1-4H3. The minimum absolute atomic E-state index is 0.0163. The number of rotatable bonds is 5. The molecule has 316 valence electrons. The van der Waals surface area contributed by atoms with Gasteiger partial charge in [-0.25, -0.2) is 0 Å². The molecule has 1 aliphatic rings. The molecule has 67 heavy (non-hydrogen) atoms. The van der Waals surface area contributed by atoms with Gasteiger partial charge in [-0.3, -0.25) is 0 Å². The van der Waals surface area contributed by atoms with Gasteiger partial charge in [-0.2, -0.15) is 0 Å². The molecule has 0 bridgehead atoms. The van der Waals surface area contributed by atoms with Crippen LogP contribution in [0.5, 0.6) is 0 Å². The Hall–Kier alpha value is -8.14. The Labute approximate surface area is 391 Å². The molecule has 11 aromatic carbocycles. The highest BCUT2D eigenvalue weighted by Crippen LogP contribution is 2.50. The van der Waals surface area contributed by atoms with E-state index >= 15 is 0 Å². The molecule has 2 nitrogen and oxygen atoms in total. The number of furan rings is 1. The van der Waals surface area contributed by atoms with Crippen LogP contribution in [0, 0.1) is 20.8 Å². The van der Waals surface area contributed by atoms with Gasteiger partial charge in [0.15, 0.2) is 0 Å². The molecule has 0 atom stereocenters. The normalized spacial score (nSPS) is 12.4. The number of anilines is 3. The maximum Gasteiger partial charge on any atom is 0.212 e. The first-order chi connectivity index (χ1) is 32.9. The van der Waals surface area contributed by atoms with E-state index in [1.807, 2.05) is 0 Å². The van der Waals surface area contributed by atoms with Crippen LogP contribution < -0.4 is 15.8 Å². The van der Waals surface area contributed by atoms with E-state index in [1.165, 1.54) is 110 Å². The Morgan fingerprint density at radius 1 is 0.418 bits per heavy atom. The smallest absolute Gasteiger partial charge is 0.212 e. The van der Waals surface area contributed by atoms with Gasteiger partial charge in [0.2, 0.25) is 6.71 Å². The zero-order chi connectivity index (χ0) is 44.9. The van der Waals surface area contributed by atoms with Crippen LogP contribution in [0.1, 0.15) is 16.7 Å². The second-order valence-electron chi connectivity index (χ2n) is 18.5. The second-order valence-corrected chi connectivity index (χ2v) is 18.5. The number of hydrogen-bond donors (Lipinski definition) is 0. The van der Waals surface area contributed by atoms with Gasteiger partial charge in [0, 0.05) is 33.9 Å². The molecule has 1 aliphatic heterocycles. The van der Waals surface area contributed by atoms with E-state index in [4.69, 9.17) is 4.42 Å². The summed E-state index contributed by atoms with van der Waals surface area (Å²) in [6.07, 6.45) is 0. The van der Waals surface area contributed by atoms with Crippen molar-refractivity contribution in [2.24, 2.45) is 0 Å². The fourth-order valence-electron chi connectivity index (χ4n) is 11.5. The van der Waals surface area contributed by atoms with Gasteiger partial charge in [0.25, 0.3) is 0 Å². The van der Waals surface area contributed by atoms with E-state index in [-0.39, 0.29) is 6.71 Å². The van der Waals surface area contributed by atoms with E-state index in [1.54, 1.807) is 0 Å². The van der Waals surface area contributed by atoms with Crippen molar-refractivity contribution in [3.05, 3.63) is 223 Å². The van der Waals surface area contributed by atoms with E-state index < -0.39 is 0 Å². The summed E-state index contributed by atoms with van der Waals surface area (Å²) in [5, 5.41) is 9.78. The number of nitrogens with zero attached hydrogens (tertiary/aromatic N) is 1. The van der Waals surface area contributed by atoms with Crippen LogP contribution in [0.3, 0.4) is 0 Å². The lowest BCUT2D eigenvalue weighted by Gasteiger charge is -2.39. The molecule has 0 amide bonds. The highest BCUT2D eigenvalue weighted by atomic mass is 16.3. The first-order valence-corrected chi connectivity index (χ1v) is 23.5. The fourth-order valence-corrected chi connectivity index (χ4v) is 11.5. The third kappa shape index (κ3) is 6.11. The highest BCUT2D eigenvalue weighted by Gasteiger charge is 2.38. The van der Waals surface area contributed by atoms with E-state index in [0.29, 0.717) is 0 Å². The van der Waals surface area contributed by atoms with Crippen molar-refractivity contribution in [1.29, 1.82) is 0 Å². The molecule has 12 aromatic rings. The van der Waals surface area contributed by atoms with Crippen LogP contribution in [-0.4, -0.2) is 6.71 Å². The van der Waals surface area contributed by atoms with Gasteiger partial charge in [-0.05, 0) is 168 Å². The third-order valence-electron chi connectivity index (χ3n) is 14.7. The zero-order valence-corrected chi connectivity index (χ0v) is 38.1. The number of fused-ring (bicyclic) bond motifs is 8. The van der Waals surface area contributed by atoms with Crippen LogP contribution in [0.15, 0.2) is 211 Å². The fraction of sp³-hybridized carbons (Fsp3) is 0.0625. The third-order valence-corrected chi connectivity index (χ3v) is 14.7. The topological polar surface area (TPSA) is 16.4 Å². The first kappa shape index (κ1) is 39.2. The molecule has 1 aromatic heterocycles. The van der Waals surface area contributed by atoms with Crippen molar-refractivity contribution in [3.8, 4) is 44.5 Å². The molecule has 0 spiro atoms. The summed E-state index contributed by atoms with van der Waals surface area (Å²) in [7, 11) is 0. The maximum absolute atomic E-state index is 7.06. The van der Waals surface area contributed by atoms with Crippen molar-refractivity contribution in [2.45, 2.75) is 27.6 Å². The van der Waals surface area contributed by atoms with Gasteiger partial charge in [-0.15, -0.1) is 0 Å². The molecule has 0 saturated carbocycles. The molecular weight excluding hydrogens is 810 g/mol. The van der Waals surface area contributed by atoms with Crippen LogP contribution >= 0.6 is 0 Å². The Morgan fingerprint density at radius 3 is 1.75 bits per heavy atom. The van der Waals surface area contributed by atoms with Gasteiger partial charge in [-0.1, -0.05) is 165 Å². The lowest BCUT2D eigenvalue weighted by Crippen LogP contribution is -2.49. The average molecular weight is 856 g/mol. The Morgan fingerprint density at radius 2 is 1.03 bits per heavy atom. The van der Waals surface area contributed by atoms with Crippen LogP contribution in [0.25, 0.3) is 98.8 Å². The number of para-hydroxylation sites is 1. The predicted octanol–water partition coefficient (Wildman–Crippen LogP) is 16.7.